The van der Waals surface area contributed by atoms with Crippen molar-refractivity contribution in [2.75, 3.05) is 19.8 Å². The molecule has 0 fully saturated rings. The molecule has 0 aliphatic heterocycles. The lowest BCUT2D eigenvalue weighted by molar-refractivity contribution is 0.244. The molecule has 0 saturated heterocycles. The van der Waals surface area contributed by atoms with Gasteiger partial charge in [-0.2, -0.15) is 0 Å². The van der Waals surface area contributed by atoms with Crippen LogP contribution >= 0.6 is 0 Å². The third-order valence-electron chi connectivity index (χ3n) is 2.89. The Morgan fingerprint density at radius 1 is 1.27 bits per heavy atom. The standard InChI is InChI=1S/C12H17N3/c1-9(14(2)3)15-7-6-10-8-11(13)4-5-12(10)15/h4-9H,13H2,1-3H3. The molecule has 0 amide bonds. The lowest BCUT2D eigenvalue weighted by Crippen LogP contribution is -2.22. The number of hydrogen-bond donors (Lipinski definition) is 1. The molecular formula is C12H17N3. The quantitative estimate of drug-likeness (QED) is 0.760. The molecule has 1 heterocycles. The number of fused-ring (bicyclic) bond motifs is 1. The first-order valence-corrected chi connectivity index (χ1v) is 5.12. The van der Waals surface area contributed by atoms with Crippen molar-refractivity contribution in [3.63, 3.8) is 0 Å². The molecule has 3 nitrogen and oxygen atoms in total. The number of benzene rings is 1. The maximum Gasteiger partial charge on any atom is 0.0830 e. The summed E-state index contributed by atoms with van der Waals surface area (Å²) in [5, 5.41) is 1.20. The summed E-state index contributed by atoms with van der Waals surface area (Å²) in [7, 11) is 4.15. The van der Waals surface area contributed by atoms with Crippen molar-refractivity contribution in [1.29, 1.82) is 0 Å². The zero-order valence-electron chi connectivity index (χ0n) is 9.44. The summed E-state index contributed by atoms with van der Waals surface area (Å²) in [6, 6.07) is 8.13. The van der Waals surface area contributed by atoms with Gasteiger partial charge in [-0.05, 0) is 45.3 Å². The number of aromatic nitrogens is 1. The van der Waals surface area contributed by atoms with Crippen molar-refractivity contribution in [2.24, 2.45) is 0 Å². The molecule has 3 heteroatoms. The molecule has 80 valence electrons. The van der Waals surface area contributed by atoms with Crippen LogP contribution in [0.1, 0.15) is 13.1 Å². The molecule has 1 aromatic heterocycles. The molecule has 2 rings (SSSR count). The zero-order valence-corrected chi connectivity index (χ0v) is 9.44. The smallest absolute Gasteiger partial charge is 0.0830 e. The highest BCUT2D eigenvalue weighted by Gasteiger charge is 2.09. The van der Waals surface area contributed by atoms with Gasteiger partial charge in [-0.1, -0.05) is 0 Å². The van der Waals surface area contributed by atoms with E-state index in [0.29, 0.717) is 6.17 Å². The number of hydrogen-bond acceptors (Lipinski definition) is 2. The molecular weight excluding hydrogens is 186 g/mol. The predicted octanol–water partition coefficient (Wildman–Crippen LogP) is 2.30. The van der Waals surface area contributed by atoms with Gasteiger partial charge in [0.05, 0.1) is 6.17 Å². The highest BCUT2D eigenvalue weighted by Crippen LogP contribution is 2.22. The van der Waals surface area contributed by atoms with Gasteiger partial charge in [0.2, 0.25) is 0 Å². The molecule has 15 heavy (non-hydrogen) atoms. The highest BCUT2D eigenvalue weighted by molar-refractivity contribution is 5.83. The molecule has 0 saturated carbocycles. The van der Waals surface area contributed by atoms with Crippen LogP contribution in [0.3, 0.4) is 0 Å². The Morgan fingerprint density at radius 2 is 2.00 bits per heavy atom. The monoisotopic (exact) mass is 203 g/mol. The fourth-order valence-electron chi connectivity index (χ4n) is 1.76. The van der Waals surface area contributed by atoms with Gasteiger partial charge in [-0.15, -0.1) is 0 Å². The van der Waals surface area contributed by atoms with E-state index in [4.69, 9.17) is 5.73 Å². The molecule has 0 radical (unpaired) electrons. The lowest BCUT2D eigenvalue weighted by atomic mass is 10.2. The van der Waals surface area contributed by atoms with E-state index in [1.807, 2.05) is 12.1 Å². The molecule has 2 N–H and O–H groups in total. The number of nitrogens with zero attached hydrogens (tertiary/aromatic N) is 2. The second-order valence-electron chi connectivity index (χ2n) is 4.14. The normalized spacial score (nSPS) is 13.6. The van der Waals surface area contributed by atoms with E-state index in [0.717, 1.165) is 5.69 Å². The van der Waals surface area contributed by atoms with Crippen molar-refractivity contribution in [1.82, 2.24) is 9.47 Å². The van der Waals surface area contributed by atoms with Gasteiger partial charge in [-0.25, -0.2) is 0 Å². The summed E-state index contributed by atoms with van der Waals surface area (Å²) in [6.07, 6.45) is 2.46. The number of anilines is 1. The molecule has 0 spiro atoms. The maximum atomic E-state index is 5.75. The Labute approximate surface area is 90.1 Å². The van der Waals surface area contributed by atoms with Gasteiger partial charge < -0.3 is 10.3 Å². The number of nitrogens with two attached hydrogens (primary N) is 1. The largest absolute Gasteiger partial charge is 0.399 e. The van der Waals surface area contributed by atoms with Gasteiger partial charge in [0.25, 0.3) is 0 Å². The van der Waals surface area contributed by atoms with E-state index in [-0.39, 0.29) is 0 Å². The predicted molar refractivity (Wildman–Crippen MR) is 64.7 cm³/mol. The van der Waals surface area contributed by atoms with Crippen LogP contribution in [0.15, 0.2) is 30.5 Å². The third kappa shape index (κ3) is 1.70. The van der Waals surface area contributed by atoms with Gasteiger partial charge in [-0.3, -0.25) is 4.90 Å². The molecule has 0 aliphatic rings. The summed E-state index contributed by atoms with van der Waals surface area (Å²) in [5.41, 5.74) is 7.79. The summed E-state index contributed by atoms with van der Waals surface area (Å²) in [6.45, 7) is 2.18. The van der Waals surface area contributed by atoms with Crippen LogP contribution in [0.2, 0.25) is 0 Å². The third-order valence-corrected chi connectivity index (χ3v) is 2.89. The van der Waals surface area contributed by atoms with E-state index in [1.165, 1.54) is 10.9 Å². The first-order valence-electron chi connectivity index (χ1n) is 5.12. The molecule has 0 bridgehead atoms. The van der Waals surface area contributed by atoms with Crippen molar-refractivity contribution in [2.45, 2.75) is 13.1 Å². The SMILES string of the molecule is CC(N(C)C)n1ccc2cc(N)ccc21. The Hall–Kier alpha value is -1.48. The zero-order chi connectivity index (χ0) is 11.0. The van der Waals surface area contributed by atoms with Crippen LogP contribution < -0.4 is 5.73 Å². The minimum Gasteiger partial charge on any atom is -0.399 e. The average molecular weight is 203 g/mol. The van der Waals surface area contributed by atoms with E-state index >= 15 is 0 Å². The summed E-state index contributed by atoms with van der Waals surface area (Å²) in [4.78, 5) is 2.18. The topological polar surface area (TPSA) is 34.2 Å². The number of rotatable bonds is 2. The molecule has 1 atom stereocenters. The van der Waals surface area contributed by atoms with E-state index in [2.05, 4.69) is 48.8 Å². The van der Waals surface area contributed by atoms with Crippen molar-refractivity contribution in [3.05, 3.63) is 30.5 Å². The maximum absolute atomic E-state index is 5.75. The van der Waals surface area contributed by atoms with Gasteiger partial charge in [0, 0.05) is 22.8 Å². The minimum atomic E-state index is 0.353. The Balaban J connectivity index is 2.54. The first-order chi connectivity index (χ1) is 7.09. The van der Waals surface area contributed by atoms with Crippen molar-refractivity contribution in [3.8, 4) is 0 Å². The minimum absolute atomic E-state index is 0.353. The van der Waals surface area contributed by atoms with Gasteiger partial charge in [0.15, 0.2) is 0 Å². The number of nitrogen functional groups attached to an aromatic ring is 1. The summed E-state index contributed by atoms with van der Waals surface area (Å²) < 4.78 is 2.24. The van der Waals surface area contributed by atoms with Crippen LogP contribution in [0.4, 0.5) is 5.69 Å². The molecule has 1 aromatic carbocycles. The second-order valence-corrected chi connectivity index (χ2v) is 4.14. The first kappa shape index (κ1) is 10.1. The van der Waals surface area contributed by atoms with Crippen molar-refractivity contribution < 1.29 is 0 Å². The van der Waals surface area contributed by atoms with Crippen LogP contribution in [-0.2, 0) is 0 Å². The van der Waals surface area contributed by atoms with Gasteiger partial charge in [0.1, 0.15) is 0 Å². The molecule has 0 aliphatic carbocycles. The Bertz CT molecular complexity index is 471. The molecule has 2 aromatic rings. The Kier molecular flexibility index (Phi) is 2.40. The van der Waals surface area contributed by atoms with Crippen LogP contribution in [0.5, 0.6) is 0 Å². The lowest BCUT2D eigenvalue weighted by Gasteiger charge is -2.22. The van der Waals surface area contributed by atoms with E-state index in [9.17, 15) is 0 Å². The molecule has 1 unspecified atom stereocenters. The fraction of sp³-hybridized carbons (Fsp3) is 0.333. The van der Waals surface area contributed by atoms with Crippen LogP contribution in [0.25, 0.3) is 10.9 Å². The van der Waals surface area contributed by atoms with Crippen LogP contribution in [0, 0.1) is 0 Å². The highest BCUT2D eigenvalue weighted by atomic mass is 15.2. The van der Waals surface area contributed by atoms with E-state index < -0.39 is 0 Å². The van der Waals surface area contributed by atoms with E-state index in [1.54, 1.807) is 0 Å². The van der Waals surface area contributed by atoms with Crippen molar-refractivity contribution >= 4 is 16.6 Å². The summed E-state index contributed by atoms with van der Waals surface area (Å²) >= 11 is 0. The average Bonchev–Trinajstić information content (AvgIpc) is 2.59. The second kappa shape index (κ2) is 3.59. The Morgan fingerprint density at radius 3 is 2.67 bits per heavy atom. The van der Waals surface area contributed by atoms with Crippen LogP contribution in [-0.4, -0.2) is 23.6 Å². The summed E-state index contributed by atoms with van der Waals surface area (Å²) in [5.74, 6) is 0. The van der Waals surface area contributed by atoms with Gasteiger partial charge >= 0.3 is 0 Å². The fourth-order valence-corrected chi connectivity index (χ4v) is 1.76.